The van der Waals surface area contributed by atoms with Crippen molar-refractivity contribution in [2.75, 3.05) is 0 Å². The summed E-state index contributed by atoms with van der Waals surface area (Å²) in [6.45, 7) is 3.88. The zero-order valence-corrected chi connectivity index (χ0v) is 13.1. The molecule has 1 aliphatic rings. The van der Waals surface area contributed by atoms with Gasteiger partial charge in [-0.2, -0.15) is 10.5 Å². The van der Waals surface area contributed by atoms with Crippen molar-refractivity contribution in [2.24, 2.45) is 11.7 Å². The summed E-state index contributed by atoms with van der Waals surface area (Å²) in [5.74, 6) is -0.469. The molecule has 3 N–H and O–H groups in total. The van der Waals surface area contributed by atoms with E-state index in [9.17, 15) is 10.5 Å². The van der Waals surface area contributed by atoms with E-state index in [0.717, 1.165) is 23.1 Å². The summed E-state index contributed by atoms with van der Waals surface area (Å²) in [5, 5.41) is 27.1. The molecule has 5 nitrogen and oxygen atoms in total. The third kappa shape index (κ3) is 3.08. The summed E-state index contributed by atoms with van der Waals surface area (Å²) in [6.07, 6.45) is 0.0715. The van der Waals surface area contributed by atoms with Gasteiger partial charge >= 0.3 is 0 Å². The van der Waals surface area contributed by atoms with Crippen LogP contribution < -0.4 is 10.5 Å². The molecule has 0 spiro atoms. The largest absolute Gasteiger partial charge is 0.491 e. The summed E-state index contributed by atoms with van der Waals surface area (Å²) in [7, 11) is 0. The second kappa shape index (κ2) is 6.55. The van der Waals surface area contributed by atoms with Gasteiger partial charge in [-0.05, 0) is 31.5 Å². The highest BCUT2D eigenvalue weighted by Crippen LogP contribution is 2.42. The van der Waals surface area contributed by atoms with Crippen LogP contribution in [0.5, 0.6) is 5.75 Å². The Kier molecular flexibility index (Phi) is 4.75. The number of nitrogens with zero attached hydrogens (tertiary/aromatic N) is 2. The first-order valence-electron chi connectivity index (χ1n) is 6.80. The van der Waals surface area contributed by atoms with Gasteiger partial charge in [0.15, 0.2) is 0 Å². The molecule has 0 saturated carbocycles. The Balaban J connectivity index is 2.43. The minimum atomic E-state index is -0.691. The summed E-state index contributed by atoms with van der Waals surface area (Å²) in [4.78, 5) is 0. The van der Waals surface area contributed by atoms with Crippen molar-refractivity contribution >= 4 is 16.8 Å². The molecule has 0 amide bonds. The van der Waals surface area contributed by atoms with Crippen molar-refractivity contribution in [1.82, 2.24) is 0 Å². The van der Waals surface area contributed by atoms with Gasteiger partial charge in [-0.15, -0.1) is 0 Å². The second-order valence-corrected chi connectivity index (χ2v) is 6.26. The average molecular weight is 312 g/mol. The molecule has 1 aliphatic heterocycles. The van der Waals surface area contributed by atoms with Crippen LogP contribution >= 0.6 is 11.8 Å². The Morgan fingerprint density at radius 3 is 2.41 bits per heavy atom. The molecule has 0 radical (unpaired) electrons. The van der Waals surface area contributed by atoms with E-state index in [1.165, 1.54) is 0 Å². The highest BCUT2D eigenvalue weighted by Gasteiger charge is 2.36. The predicted octanol–water partition coefficient (Wildman–Crippen LogP) is 3.12. The first-order chi connectivity index (χ1) is 10.5. The molecular formula is C16H16N4OS. The third-order valence-electron chi connectivity index (χ3n) is 3.28. The molecule has 112 valence electrons. The quantitative estimate of drug-likeness (QED) is 0.891. The van der Waals surface area contributed by atoms with Gasteiger partial charge in [0.25, 0.3) is 0 Å². The summed E-state index contributed by atoms with van der Waals surface area (Å²) in [6, 6.07) is 11.5. The minimum absolute atomic E-state index is 0.0715. The van der Waals surface area contributed by atoms with E-state index in [1.54, 1.807) is 12.1 Å². The smallest absolute Gasteiger partial charge is 0.119 e. The maximum absolute atomic E-state index is 9.36. The molecule has 0 aromatic heterocycles. The number of nitriles is 2. The molecule has 0 unspecified atom stereocenters. The fourth-order valence-corrected chi connectivity index (χ4v) is 3.19. The van der Waals surface area contributed by atoms with E-state index >= 15 is 0 Å². The Bertz CT molecular complexity index is 694. The fraction of sp³-hybridized carbons (Fsp3) is 0.312. The second-order valence-electron chi connectivity index (χ2n) is 5.18. The van der Waals surface area contributed by atoms with Crippen molar-refractivity contribution < 1.29 is 4.74 Å². The van der Waals surface area contributed by atoms with E-state index in [1.807, 2.05) is 26.0 Å². The Hall–Kier alpha value is -2.44. The van der Waals surface area contributed by atoms with Crippen molar-refractivity contribution in [3.63, 3.8) is 0 Å². The van der Waals surface area contributed by atoms with E-state index in [4.69, 9.17) is 15.9 Å². The first kappa shape index (κ1) is 15.9. The average Bonchev–Trinajstić information content (AvgIpc) is 2.47. The zero-order valence-electron chi connectivity index (χ0n) is 12.3. The molecule has 0 bridgehead atoms. The highest BCUT2D eigenvalue weighted by molar-refractivity contribution is 8.17. The SMILES string of the molecule is CC(C)Oc1ccc([C@H]2C(C#N)=C(N)SC(=N)[C@H]2C#N)cc1. The van der Waals surface area contributed by atoms with E-state index in [0.29, 0.717) is 10.6 Å². The zero-order chi connectivity index (χ0) is 16.3. The van der Waals surface area contributed by atoms with Gasteiger partial charge in [0.2, 0.25) is 0 Å². The molecule has 2 atom stereocenters. The predicted molar refractivity (Wildman–Crippen MR) is 86.2 cm³/mol. The van der Waals surface area contributed by atoms with Crippen molar-refractivity contribution in [3.05, 3.63) is 40.4 Å². The lowest BCUT2D eigenvalue weighted by Crippen LogP contribution is -2.26. The van der Waals surface area contributed by atoms with E-state index in [2.05, 4.69) is 12.1 Å². The van der Waals surface area contributed by atoms with Crippen molar-refractivity contribution in [1.29, 1.82) is 15.9 Å². The lowest BCUT2D eigenvalue weighted by molar-refractivity contribution is 0.242. The molecule has 2 rings (SSSR count). The number of benzene rings is 1. The molecule has 0 aliphatic carbocycles. The Morgan fingerprint density at radius 2 is 1.91 bits per heavy atom. The van der Waals surface area contributed by atoms with Gasteiger partial charge in [0.05, 0.1) is 33.9 Å². The van der Waals surface area contributed by atoms with Crippen LogP contribution in [0.25, 0.3) is 0 Å². The van der Waals surface area contributed by atoms with Crippen LogP contribution in [-0.2, 0) is 0 Å². The Morgan fingerprint density at radius 1 is 1.27 bits per heavy atom. The van der Waals surface area contributed by atoms with E-state index in [-0.39, 0.29) is 11.1 Å². The number of hydrogen-bond donors (Lipinski definition) is 2. The molecule has 0 fully saturated rings. The standard InChI is InChI=1S/C16H16N4OS/c1-9(2)21-11-5-3-10(4-6-11)14-12(7-17)15(19)22-16(20)13(14)8-18/h3-6,9,12,14,19H,20H2,1-2H3/t12-,14+/m0/s1. The lowest BCUT2D eigenvalue weighted by Gasteiger charge is -2.27. The van der Waals surface area contributed by atoms with Crippen LogP contribution in [0, 0.1) is 34.0 Å². The van der Waals surface area contributed by atoms with Crippen LogP contribution in [-0.4, -0.2) is 11.1 Å². The van der Waals surface area contributed by atoms with Crippen LogP contribution in [0.2, 0.25) is 0 Å². The topological polar surface area (TPSA) is 107 Å². The number of nitrogens with two attached hydrogens (primary N) is 1. The van der Waals surface area contributed by atoms with Gasteiger partial charge in [-0.1, -0.05) is 23.9 Å². The maximum atomic E-state index is 9.36. The van der Waals surface area contributed by atoms with Crippen molar-refractivity contribution in [2.45, 2.75) is 25.9 Å². The minimum Gasteiger partial charge on any atom is -0.491 e. The molecule has 0 saturated heterocycles. The van der Waals surface area contributed by atoms with Crippen molar-refractivity contribution in [3.8, 4) is 17.9 Å². The van der Waals surface area contributed by atoms with Crippen LogP contribution in [0.1, 0.15) is 25.3 Å². The number of rotatable bonds is 3. The number of nitrogens with one attached hydrogen (secondary N) is 1. The first-order valence-corrected chi connectivity index (χ1v) is 7.61. The number of ether oxygens (including phenoxy) is 1. The third-order valence-corrected chi connectivity index (χ3v) is 4.20. The normalized spacial score (nSPS) is 21.4. The molecule has 1 heterocycles. The highest BCUT2D eigenvalue weighted by atomic mass is 32.2. The van der Waals surface area contributed by atoms with Gasteiger partial charge in [-0.3, -0.25) is 5.41 Å². The number of hydrogen-bond acceptors (Lipinski definition) is 6. The van der Waals surface area contributed by atoms with Crippen LogP contribution in [0.15, 0.2) is 34.9 Å². The van der Waals surface area contributed by atoms with Crippen LogP contribution in [0.4, 0.5) is 0 Å². The molecular weight excluding hydrogens is 296 g/mol. The van der Waals surface area contributed by atoms with Gasteiger partial charge in [0, 0.05) is 5.92 Å². The molecule has 22 heavy (non-hydrogen) atoms. The lowest BCUT2D eigenvalue weighted by atomic mass is 9.82. The summed E-state index contributed by atoms with van der Waals surface area (Å²) >= 11 is 0.988. The van der Waals surface area contributed by atoms with E-state index < -0.39 is 11.8 Å². The summed E-state index contributed by atoms with van der Waals surface area (Å²) in [5.41, 5.74) is 7.00. The maximum Gasteiger partial charge on any atom is 0.119 e. The van der Waals surface area contributed by atoms with Crippen LogP contribution in [0.3, 0.4) is 0 Å². The monoisotopic (exact) mass is 312 g/mol. The number of allylic oxidation sites excluding steroid dienone is 1. The molecule has 1 aromatic rings. The fourth-order valence-electron chi connectivity index (χ4n) is 2.35. The van der Waals surface area contributed by atoms with Gasteiger partial charge in [-0.25, -0.2) is 0 Å². The number of thioether (sulfide) groups is 1. The Labute approximate surface area is 133 Å². The van der Waals surface area contributed by atoms with Gasteiger partial charge < -0.3 is 10.5 Å². The molecule has 1 aromatic carbocycles. The van der Waals surface area contributed by atoms with Gasteiger partial charge in [0.1, 0.15) is 11.7 Å². The molecule has 6 heteroatoms. The summed E-state index contributed by atoms with van der Waals surface area (Å²) < 4.78 is 5.59.